The second-order valence-corrected chi connectivity index (χ2v) is 6.62. The van der Waals surface area contributed by atoms with Gasteiger partial charge in [-0.1, -0.05) is 63.8 Å². The summed E-state index contributed by atoms with van der Waals surface area (Å²) in [4.78, 5) is 12.1. The van der Waals surface area contributed by atoms with E-state index in [2.05, 4.69) is 25.9 Å². The first-order chi connectivity index (χ1) is 11.5. The van der Waals surface area contributed by atoms with Crippen LogP contribution in [-0.4, -0.2) is 15.7 Å². The predicted molar refractivity (Wildman–Crippen MR) is 97.1 cm³/mol. The van der Waals surface area contributed by atoms with Crippen LogP contribution in [0.15, 0.2) is 30.3 Å². The van der Waals surface area contributed by atoms with Crippen LogP contribution in [0.3, 0.4) is 0 Å². The minimum absolute atomic E-state index is 0.227. The Balaban J connectivity index is 2.19. The van der Waals surface area contributed by atoms with Crippen molar-refractivity contribution in [2.45, 2.75) is 58.8 Å². The van der Waals surface area contributed by atoms with E-state index in [0.29, 0.717) is 23.0 Å². The molecule has 0 spiro atoms. The van der Waals surface area contributed by atoms with Crippen LogP contribution in [0, 0.1) is 0 Å². The topological polar surface area (TPSA) is 44.1 Å². The molecule has 1 aromatic heterocycles. The van der Waals surface area contributed by atoms with Crippen molar-refractivity contribution in [2.24, 2.45) is 0 Å². The van der Waals surface area contributed by atoms with Crippen LogP contribution in [0.1, 0.15) is 64.5 Å². The lowest BCUT2D eigenvalue weighted by Crippen LogP contribution is -2.11. The van der Waals surface area contributed by atoms with Gasteiger partial charge in [-0.2, -0.15) is 9.78 Å². The molecule has 0 saturated heterocycles. The third-order valence-corrected chi connectivity index (χ3v) is 4.14. The zero-order valence-electron chi connectivity index (χ0n) is 14.6. The summed E-state index contributed by atoms with van der Waals surface area (Å²) in [5.41, 5.74) is 1.57. The highest BCUT2D eigenvalue weighted by Gasteiger charge is 2.17. The van der Waals surface area contributed by atoms with E-state index in [1.807, 2.05) is 24.3 Å². The number of carbonyl (C=O) groups excluding carboxylic acids is 1. The van der Waals surface area contributed by atoms with Crippen LogP contribution in [0.5, 0.6) is 5.88 Å². The second-order valence-electron chi connectivity index (χ2n) is 6.21. The molecule has 5 heteroatoms. The number of carbonyl (C=O) groups is 1. The lowest BCUT2D eigenvalue weighted by Gasteiger charge is -2.09. The molecule has 0 N–H and O–H groups in total. The first-order valence-corrected chi connectivity index (χ1v) is 8.96. The molecule has 1 aromatic carbocycles. The van der Waals surface area contributed by atoms with Crippen LogP contribution in [0.25, 0.3) is 5.69 Å². The second kappa shape index (κ2) is 8.88. The van der Waals surface area contributed by atoms with E-state index < -0.39 is 0 Å². The van der Waals surface area contributed by atoms with Crippen molar-refractivity contribution >= 4 is 17.6 Å². The Morgan fingerprint density at radius 2 is 2.00 bits per heavy atom. The molecule has 130 valence electrons. The Morgan fingerprint density at radius 1 is 1.25 bits per heavy atom. The summed E-state index contributed by atoms with van der Waals surface area (Å²) < 4.78 is 7.18. The SMILES string of the molecule is CCCCCCC(=O)Oc1cc(C(C)C)nn1-c1ccccc1Cl. The molecule has 2 aromatic rings. The first kappa shape index (κ1) is 18.5. The van der Waals surface area contributed by atoms with E-state index in [1.54, 1.807) is 10.7 Å². The summed E-state index contributed by atoms with van der Waals surface area (Å²) in [6.07, 6.45) is 4.61. The summed E-state index contributed by atoms with van der Waals surface area (Å²) in [5.74, 6) is 0.428. The Hall–Kier alpha value is -1.81. The van der Waals surface area contributed by atoms with Crippen molar-refractivity contribution in [1.82, 2.24) is 9.78 Å². The summed E-state index contributed by atoms with van der Waals surface area (Å²) in [5, 5.41) is 5.12. The molecule has 0 atom stereocenters. The van der Waals surface area contributed by atoms with Crippen molar-refractivity contribution in [2.75, 3.05) is 0 Å². The molecule has 0 radical (unpaired) electrons. The van der Waals surface area contributed by atoms with Gasteiger partial charge in [0.2, 0.25) is 5.88 Å². The van der Waals surface area contributed by atoms with Gasteiger partial charge in [-0.3, -0.25) is 4.79 Å². The zero-order chi connectivity index (χ0) is 17.5. The lowest BCUT2D eigenvalue weighted by atomic mass is 10.1. The number of esters is 1. The van der Waals surface area contributed by atoms with Gasteiger partial charge in [0.1, 0.15) is 0 Å². The highest BCUT2D eigenvalue weighted by atomic mass is 35.5. The highest BCUT2D eigenvalue weighted by molar-refractivity contribution is 6.32. The number of ether oxygens (including phenoxy) is 1. The number of benzene rings is 1. The largest absolute Gasteiger partial charge is 0.407 e. The predicted octanol–water partition coefficient (Wildman–Crippen LogP) is 5.52. The molecule has 0 bridgehead atoms. The van der Waals surface area contributed by atoms with E-state index in [0.717, 1.165) is 31.4 Å². The summed E-state index contributed by atoms with van der Waals surface area (Å²) in [6, 6.07) is 9.21. The van der Waals surface area contributed by atoms with E-state index in [1.165, 1.54) is 0 Å². The fraction of sp³-hybridized carbons (Fsp3) is 0.474. The van der Waals surface area contributed by atoms with Gasteiger partial charge in [0, 0.05) is 12.5 Å². The number of rotatable bonds is 8. The zero-order valence-corrected chi connectivity index (χ0v) is 15.3. The van der Waals surface area contributed by atoms with Crippen LogP contribution in [-0.2, 0) is 4.79 Å². The molecule has 24 heavy (non-hydrogen) atoms. The average molecular weight is 349 g/mol. The minimum atomic E-state index is -0.227. The van der Waals surface area contributed by atoms with Gasteiger partial charge in [0.25, 0.3) is 0 Å². The van der Waals surface area contributed by atoms with E-state index in [-0.39, 0.29) is 11.9 Å². The molecule has 0 unspecified atom stereocenters. The first-order valence-electron chi connectivity index (χ1n) is 8.58. The Bertz CT molecular complexity index is 680. The highest BCUT2D eigenvalue weighted by Crippen LogP contribution is 2.28. The smallest absolute Gasteiger partial charge is 0.312 e. The van der Waals surface area contributed by atoms with Gasteiger partial charge in [0.05, 0.1) is 16.4 Å². The van der Waals surface area contributed by atoms with E-state index in [9.17, 15) is 4.79 Å². The van der Waals surface area contributed by atoms with Crippen LogP contribution >= 0.6 is 11.6 Å². The molecule has 0 aliphatic rings. The number of unbranched alkanes of at least 4 members (excludes halogenated alkanes) is 3. The number of para-hydroxylation sites is 1. The van der Waals surface area contributed by atoms with Crippen molar-refractivity contribution in [1.29, 1.82) is 0 Å². The van der Waals surface area contributed by atoms with Crippen molar-refractivity contribution < 1.29 is 9.53 Å². The van der Waals surface area contributed by atoms with Gasteiger partial charge < -0.3 is 4.74 Å². The van der Waals surface area contributed by atoms with Crippen LogP contribution < -0.4 is 4.74 Å². The van der Waals surface area contributed by atoms with Gasteiger partial charge in [-0.15, -0.1) is 0 Å². The normalized spacial score (nSPS) is 11.0. The maximum Gasteiger partial charge on any atom is 0.312 e. The number of halogens is 1. The monoisotopic (exact) mass is 348 g/mol. The third-order valence-electron chi connectivity index (χ3n) is 3.82. The summed E-state index contributed by atoms with van der Waals surface area (Å²) >= 11 is 6.27. The van der Waals surface area contributed by atoms with Gasteiger partial charge >= 0.3 is 5.97 Å². The average Bonchev–Trinajstić information content (AvgIpc) is 2.96. The number of hydrogen-bond donors (Lipinski definition) is 0. The molecule has 1 heterocycles. The quantitative estimate of drug-likeness (QED) is 0.465. The Morgan fingerprint density at radius 3 is 2.67 bits per heavy atom. The Kier molecular flexibility index (Phi) is 6.85. The van der Waals surface area contributed by atoms with Crippen molar-refractivity contribution in [3.63, 3.8) is 0 Å². The van der Waals surface area contributed by atoms with Crippen LogP contribution in [0.4, 0.5) is 0 Å². The molecule has 0 aliphatic heterocycles. The summed E-state index contributed by atoms with van der Waals surface area (Å²) in [7, 11) is 0. The fourth-order valence-corrected chi connectivity index (χ4v) is 2.61. The lowest BCUT2D eigenvalue weighted by molar-refractivity contribution is -0.134. The van der Waals surface area contributed by atoms with Crippen molar-refractivity contribution in [3.8, 4) is 11.6 Å². The number of hydrogen-bond acceptors (Lipinski definition) is 3. The molecule has 2 rings (SSSR count). The molecule has 0 fully saturated rings. The number of nitrogens with zero attached hydrogens (tertiary/aromatic N) is 2. The van der Waals surface area contributed by atoms with E-state index in [4.69, 9.17) is 16.3 Å². The molecule has 0 saturated carbocycles. The standard InChI is InChI=1S/C19H25ClN2O2/c1-4-5-6-7-12-19(23)24-18-13-16(14(2)3)21-22(18)17-11-9-8-10-15(17)20/h8-11,13-14H,4-7,12H2,1-3H3. The summed E-state index contributed by atoms with van der Waals surface area (Å²) in [6.45, 7) is 6.25. The molecular formula is C19H25ClN2O2. The third kappa shape index (κ3) is 4.84. The molecule has 4 nitrogen and oxygen atoms in total. The number of aromatic nitrogens is 2. The van der Waals surface area contributed by atoms with Crippen LogP contribution in [0.2, 0.25) is 5.02 Å². The molecular weight excluding hydrogens is 324 g/mol. The maximum absolute atomic E-state index is 12.1. The fourth-order valence-electron chi connectivity index (χ4n) is 2.40. The van der Waals surface area contributed by atoms with Gasteiger partial charge in [-0.25, -0.2) is 0 Å². The Labute approximate surface area is 148 Å². The van der Waals surface area contributed by atoms with E-state index >= 15 is 0 Å². The molecule has 0 amide bonds. The van der Waals surface area contributed by atoms with Crippen molar-refractivity contribution in [3.05, 3.63) is 41.0 Å². The molecule has 0 aliphatic carbocycles. The van der Waals surface area contributed by atoms with Gasteiger partial charge in [-0.05, 0) is 24.5 Å². The van der Waals surface area contributed by atoms with Gasteiger partial charge in [0.15, 0.2) is 0 Å². The maximum atomic E-state index is 12.1. The minimum Gasteiger partial charge on any atom is -0.407 e.